The average molecular weight is 966 g/mol. The second-order valence-electron chi connectivity index (χ2n) is 19.0. The van der Waals surface area contributed by atoms with E-state index in [-0.39, 0.29) is 12.5 Å². The Kier molecular flexibility index (Phi) is 45.3. The van der Waals surface area contributed by atoms with Gasteiger partial charge in [0.25, 0.3) is 0 Å². The predicted octanol–water partition coefficient (Wildman–Crippen LogP) is 13.6. The van der Waals surface area contributed by atoms with E-state index in [2.05, 4.69) is 104 Å². The molecule has 0 bridgehead atoms. The summed E-state index contributed by atoms with van der Waals surface area (Å²) in [6, 6.07) is -0.843. The summed E-state index contributed by atoms with van der Waals surface area (Å²) in [6.07, 6.45) is 63.2. The summed E-state index contributed by atoms with van der Waals surface area (Å²) in [5, 5.41) is 54.4. The van der Waals surface area contributed by atoms with Gasteiger partial charge in [-0.3, -0.25) is 4.79 Å². The van der Waals surface area contributed by atoms with Gasteiger partial charge in [-0.1, -0.05) is 227 Å². The Morgan fingerprint density at radius 1 is 0.507 bits per heavy atom. The first-order chi connectivity index (χ1) is 33.8. The van der Waals surface area contributed by atoms with Crippen LogP contribution in [0.3, 0.4) is 0 Å². The highest BCUT2D eigenvalue weighted by Crippen LogP contribution is 2.23. The molecule has 396 valence electrons. The topological polar surface area (TPSA) is 149 Å². The minimum atomic E-state index is -1.58. The van der Waals surface area contributed by atoms with Crippen molar-refractivity contribution in [2.45, 2.75) is 262 Å². The number of allylic oxidation sites excluding steroid dienone is 15. The third-order valence-corrected chi connectivity index (χ3v) is 12.6. The van der Waals surface area contributed by atoms with Crippen molar-refractivity contribution in [1.29, 1.82) is 0 Å². The third kappa shape index (κ3) is 38.5. The van der Waals surface area contributed by atoms with Crippen LogP contribution in [0.2, 0.25) is 0 Å². The van der Waals surface area contributed by atoms with Crippen molar-refractivity contribution in [1.82, 2.24) is 5.32 Å². The molecule has 69 heavy (non-hydrogen) atoms. The largest absolute Gasteiger partial charge is 0.394 e. The van der Waals surface area contributed by atoms with Gasteiger partial charge < -0.3 is 40.3 Å². The SMILES string of the molecule is CC/C=C\C/C=C\C/C=C\C/C=C\C/C=C\C/C=C\CCCCCCC(=O)NC(COC1OC(CO)C(O)C(O)C1O)C(O)/C=C/CC/C=C/CCCCCCCCCCCCCCCCCCC. The molecule has 0 aliphatic carbocycles. The Labute approximate surface area is 422 Å². The van der Waals surface area contributed by atoms with Gasteiger partial charge in [0.05, 0.1) is 25.4 Å². The Morgan fingerprint density at radius 2 is 0.913 bits per heavy atom. The Morgan fingerprint density at radius 3 is 1.39 bits per heavy atom. The van der Waals surface area contributed by atoms with Crippen LogP contribution < -0.4 is 5.32 Å². The van der Waals surface area contributed by atoms with Gasteiger partial charge in [-0.25, -0.2) is 0 Å². The van der Waals surface area contributed by atoms with E-state index in [0.717, 1.165) is 83.5 Å². The van der Waals surface area contributed by atoms with Crippen LogP contribution in [0.15, 0.2) is 97.2 Å². The van der Waals surface area contributed by atoms with Crippen LogP contribution in [0, 0.1) is 0 Å². The maximum atomic E-state index is 13.0. The molecule has 7 atom stereocenters. The molecule has 0 saturated carbocycles. The number of carbonyl (C=O) groups is 1. The highest BCUT2D eigenvalue weighted by atomic mass is 16.7. The Bertz CT molecular complexity index is 1400. The summed E-state index contributed by atoms with van der Waals surface area (Å²) in [6.45, 7) is 3.64. The molecule has 1 heterocycles. The van der Waals surface area contributed by atoms with E-state index in [4.69, 9.17) is 9.47 Å². The lowest BCUT2D eigenvalue weighted by Gasteiger charge is -2.40. The number of unbranched alkanes of at least 4 members (excludes halogenated alkanes) is 22. The summed E-state index contributed by atoms with van der Waals surface area (Å²) in [5.74, 6) is -0.214. The van der Waals surface area contributed by atoms with Gasteiger partial charge >= 0.3 is 0 Å². The van der Waals surface area contributed by atoms with Crippen molar-refractivity contribution < 1.29 is 39.8 Å². The van der Waals surface area contributed by atoms with Crippen molar-refractivity contribution in [3.63, 3.8) is 0 Å². The van der Waals surface area contributed by atoms with Crippen LogP contribution >= 0.6 is 0 Å². The summed E-state index contributed by atoms with van der Waals surface area (Å²) in [4.78, 5) is 13.0. The zero-order chi connectivity index (χ0) is 50.1. The van der Waals surface area contributed by atoms with Crippen molar-refractivity contribution in [3.8, 4) is 0 Å². The molecule has 0 spiro atoms. The monoisotopic (exact) mass is 966 g/mol. The van der Waals surface area contributed by atoms with Gasteiger partial charge in [0.2, 0.25) is 5.91 Å². The first-order valence-electron chi connectivity index (χ1n) is 28.0. The Balaban J connectivity index is 2.32. The molecule has 0 aromatic rings. The second-order valence-corrected chi connectivity index (χ2v) is 19.0. The van der Waals surface area contributed by atoms with Crippen LogP contribution in [0.4, 0.5) is 0 Å². The van der Waals surface area contributed by atoms with E-state index in [9.17, 15) is 30.3 Å². The first-order valence-corrected chi connectivity index (χ1v) is 28.0. The molecule has 1 saturated heterocycles. The van der Waals surface area contributed by atoms with E-state index in [0.29, 0.717) is 12.8 Å². The number of ether oxygens (including phenoxy) is 2. The van der Waals surface area contributed by atoms with Gasteiger partial charge in [0, 0.05) is 6.42 Å². The van der Waals surface area contributed by atoms with Crippen molar-refractivity contribution >= 4 is 5.91 Å². The molecule has 1 fully saturated rings. The number of hydrogen-bond donors (Lipinski definition) is 6. The molecule has 1 aliphatic rings. The fraction of sp³-hybridized carbons (Fsp3) is 0.717. The molecule has 7 unspecified atom stereocenters. The van der Waals surface area contributed by atoms with E-state index >= 15 is 0 Å². The molecule has 1 aliphatic heterocycles. The van der Waals surface area contributed by atoms with Gasteiger partial charge in [-0.05, 0) is 83.5 Å². The molecule has 9 nitrogen and oxygen atoms in total. The molecule has 1 rings (SSSR count). The summed E-state index contributed by atoms with van der Waals surface area (Å²) < 4.78 is 11.2. The molecule has 9 heteroatoms. The molecule has 1 amide bonds. The fourth-order valence-electron chi connectivity index (χ4n) is 8.23. The van der Waals surface area contributed by atoms with Crippen molar-refractivity contribution in [2.24, 2.45) is 0 Å². The minimum absolute atomic E-state index is 0.214. The molecule has 0 radical (unpaired) electrons. The zero-order valence-electron chi connectivity index (χ0n) is 43.8. The minimum Gasteiger partial charge on any atom is -0.394 e. The lowest BCUT2D eigenvalue weighted by Crippen LogP contribution is -2.60. The number of aliphatic hydroxyl groups is 5. The average Bonchev–Trinajstić information content (AvgIpc) is 3.35. The van der Waals surface area contributed by atoms with Gasteiger partial charge in [-0.2, -0.15) is 0 Å². The molecule has 0 aromatic carbocycles. The number of carbonyl (C=O) groups excluding carboxylic acids is 1. The number of hydrogen-bond acceptors (Lipinski definition) is 8. The molecular formula is C60H103NO8. The summed E-state index contributed by atoms with van der Waals surface area (Å²) in [5.41, 5.74) is 0. The molecule has 6 N–H and O–H groups in total. The highest BCUT2D eigenvalue weighted by Gasteiger charge is 2.44. The standard InChI is InChI=1S/C60H103NO8/c1-3-5-7-9-11-13-15-17-19-21-23-25-27-29-31-33-35-37-39-41-43-45-47-49-54(63)53(52-68-60-59(67)58(66)57(65)55(51-62)69-60)61-56(64)50-48-46-44-42-40-38-36-34-32-30-28-26-24-22-20-18-16-14-12-10-8-6-4-2/h6,8,12,14,18,20,24,26,30,32,36,38-39,41,47,49,53-55,57-60,62-63,65-67H,3-5,7,9-11,13,15-17,19,21-23,25,27-29,31,33-35,37,40,42-46,48,50-52H2,1-2H3,(H,61,64)/b8-6-,14-12-,20-18-,26-24-,32-30-,38-36-,41-39+,49-47+. The van der Waals surface area contributed by atoms with Crippen LogP contribution in [-0.2, 0) is 14.3 Å². The normalized spacial score (nSPS) is 20.2. The summed E-state index contributed by atoms with van der Waals surface area (Å²) >= 11 is 0. The third-order valence-electron chi connectivity index (χ3n) is 12.6. The maximum absolute atomic E-state index is 13.0. The lowest BCUT2D eigenvalue weighted by atomic mass is 9.99. The lowest BCUT2D eigenvalue weighted by molar-refractivity contribution is -0.302. The number of aliphatic hydroxyl groups excluding tert-OH is 5. The van der Waals surface area contributed by atoms with E-state index < -0.39 is 49.5 Å². The zero-order valence-corrected chi connectivity index (χ0v) is 43.8. The van der Waals surface area contributed by atoms with E-state index in [1.165, 1.54) is 109 Å². The molecule has 0 aromatic heterocycles. The van der Waals surface area contributed by atoms with Gasteiger partial charge in [0.1, 0.15) is 24.4 Å². The highest BCUT2D eigenvalue weighted by molar-refractivity contribution is 5.76. The molecular weight excluding hydrogens is 863 g/mol. The number of amides is 1. The van der Waals surface area contributed by atoms with Crippen molar-refractivity contribution in [2.75, 3.05) is 13.2 Å². The van der Waals surface area contributed by atoms with Gasteiger partial charge in [-0.15, -0.1) is 0 Å². The fourth-order valence-corrected chi connectivity index (χ4v) is 8.23. The second kappa shape index (κ2) is 48.7. The number of rotatable bonds is 46. The van der Waals surface area contributed by atoms with E-state index in [1.807, 2.05) is 6.08 Å². The van der Waals surface area contributed by atoms with Crippen molar-refractivity contribution in [3.05, 3.63) is 97.2 Å². The maximum Gasteiger partial charge on any atom is 0.220 e. The van der Waals surface area contributed by atoms with Crippen LogP contribution in [0.5, 0.6) is 0 Å². The smallest absolute Gasteiger partial charge is 0.220 e. The quantitative estimate of drug-likeness (QED) is 0.0261. The van der Waals surface area contributed by atoms with Crippen LogP contribution in [0.25, 0.3) is 0 Å². The van der Waals surface area contributed by atoms with Crippen LogP contribution in [-0.4, -0.2) is 87.5 Å². The predicted molar refractivity (Wildman–Crippen MR) is 290 cm³/mol. The Hall–Kier alpha value is -2.89. The van der Waals surface area contributed by atoms with Gasteiger partial charge in [0.15, 0.2) is 6.29 Å². The first kappa shape index (κ1) is 64.1. The number of nitrogens with one attached hydrogen (secondary N) is 1. The van der Waals surface area contributed by atoms with E-state index in [1.54, 1.807) is 6.08 Å². The van der Waals surface area contributed by atoms with Crippen LogP contribution in [0.1, 0.15) is 219 Å². The summed E-state index contributed by atoms with van der Waals surface area (Å²) in [7, 11) is 0.